The summed E-state index contributed by atoms with van der Waals surface area (Å²) >= 11 is 0. The summed E-state index contributed by atoms with van der Waals surface area (Å²) in [5.41, 5.74) is 3.35. The molecule has 1 fully saturated rings. The number of carbonyl (C=O) groups is 1. The second-order valence-corrected chi connectivity index (χ2v) is 6.89. The lowest BCUT2D eigenvalue weighted by Crippen LogP contribution is -2.29. The van der Waals surface area contributed by atoms with E-state index in [1.54, 1.807) is 13.3 Å². The van der Waals surface area contributed by atoms with E-state index in [2.05, 4.69) is 15.3 Å². The van der Waals surface area contributed by atoms with E-state index >= 15 is 0 Å². The summed E-state index contributed by atoms with van der Waals surface area (Å²) in [5.74, 6) is 0.612. The van der Waals surface area contributed by atoms with Crippen molar-refractivity contribution in [2.45, 2.75) is 32.0 Å². The molecule has 27 heavy (non-hydrogen) atoms. The third-order valence-corrected chi connectivity index (χ3v) is 5.07. The number of hydrogen-bond donors (Lipinski definition) is 1. The second kappa shape index (κ2) is 8.02. The highest BCUT2D eigenvalue weighted by atomic mass is 16.5. The maximum absolute atomic E-state index is 12.8. The number of methoxy groups -OCH3 is 1. The van der Waals surface area contributed by atoms with Crippen LogP contribution >= 0.6 is 0 Å². The Hall–Kier alpha value is -2.51. The fourth-order valence-electron chi connectivity index (χ4n) is 3.53. The van der Waals surface area contributed by atoms with E-state index < -0.39 is 0 Å². The van der Waals surface area contributed by atoms with Gasteiger partial charge in [-0.05, 0) is 24.6 Å². The first kappa shape index (κ1) is 17.9. The Balaban J connectivity index is 1.45. The van der Waals surface area contributed by atoms with Gasteiger partial charge in [0.1, 0.15) is 0 Å². The minimum Gasteiger partial charge on any atom is -0.481 e. The number of nitrogens with zero attached hydrogens (tertiary/aromatic N) is 3. The molecule has 1 saturated heterocycles. The summed E-state index contributed by atoms with van der Waals surface area (Å²) in [5, 5.41) is 3.46. The average Bonchev–Trinajstić information content (AvgIpc) is 3.33. The molecule has 1 amide bonds. The first-order valence-corrected chi connectivity index (χ1v) is 9.31. The number of carbonyl (C=O) groups excluding carboxylic acids is 1. The van der Waals surface area contributed by atoms with Gasteiger partial charge in [-0.2, -0.15) is 0 Å². The Labute approximate surface area is 158 Å². The zero-order valence-electron chi connectivity index (χ0n) is 15.5. The normalized spacial score (nSPS) is 18.8. The van der Waals surface area contributed by atoms with E-state index in [-0.39, 0.29) is 5.91 Å². The monoisotopic (exact) mass is 368 g/mol. The van der Waals surface area contributed by atoms with Crippen molar-refractivity contribution in [1.82, 2.24) is 20.2 Å². The van der Waals surface area contributed by atoms with Crippen LogP contribution < -0.4 is 10.1 Å². The van der Waals surface area contributed by atoms with Crippen molar-refractivity contribution in [2.24, 2.45) is 0 Å². The highest BCUT2D eigenvalue weighted by Crippen LogP contribution is 2.27. The van der Waals surface area contributed by atoms with E-state index in [0.29, 0.717) is 37.1 Å². The fraction of sp³-hybridized carbons (Fsp3) is 0.450. The zero-order valence-corrected chi connectivity index (χ0v) is 15.5. The molecule has 2 aromatic heterocycles. The minimum absolute atomic E-state index is 0.0292. The van der Waals surface area contributed by atoms with Crippen LogP contribution in [0.4, 0.5) is 0 Å². The van der Waals surface area contributed by atoms with Gasteiger partial charge in [-0.1, -0.05) is 6.07 Å². The predicted molar refractivity (Wildman–Crippen MR) is 99.5 cm³/mol. The maximum Gasteiger partial charge on any atom is 0.256 e. The largest absolute Gasteiger partial charge is 0.481 e. The van der Waals surface area contributed by atoms with Crippen LogP contribution in [0.25, 0.3) is 0 Å². The zero-order chi connectivity index (χ0) is 18.6. The van der Waals surface area contributed by atoms with Crippen molar-refractivity contribution >= 4 is 5.91 Å². The summed E-state index contributed by atoms with van der Waals surface area (Å²) in [4.78, 5) is 23.6. The van der Waals surface area contributed by atoms with Crippen LogP contribution in [0, 0.1) is 0 Å². The number of pyridine rings is 2. The molecular weight excluding hydrogens is 344 g/mol. The number of fused-ring (bicyclic) bond motifs is 1. The van der Waals surface area contributed by atoms with Gasteiger partial charge >= 0.3 is 0 Å². The second-order valence-electron chi connectivity index (χ2n) is 6.89. The lowest BCUT2D eigenvalue weighted by Gasteiger charge is -2.14. The third kappa shape index (κ3) is 3.94. The van der Waals surface area contributed by atoms with Crippen molar-refractivity contribution in [2.75, 3.05) is 26.9 Å². The highest BCUT2D eigenvalue weighted by molar-refractivity contribution is 5.98. The summed E-state index contributed by atoms with van der Waals surface area (Å²) in [6, 6.07) is 8.10. The number of amides is 1. The van der Waals surface area contributed by atoms with Crippen LogP contribution in [-0.4, -0.2) is 53.7 Å². The fourth-order valence-corrected chi connectivity index (χ4v) is 3.53. The summed E-state index contributed by atoms with van der Waals surface area (Å²) in [6.07, 6.45) is 3.51. The lowest BCUT2D eigenvalue weighted by atomic mass is 10.1. The van der Waals surface area contributed by atoms with Crippen molar-refractivity contribution in [3.8, 4) is 5.88 Å². The summed E-state index contributed by atoms with van der Waals surface area (Å²) < 4.78 is 10.9. The molecule has 1 atom stereocenters. The van der Waals surface area contributed by atoms with Gasteiger partial charge in [0.15, 0.2) is 0 Å². The van der Waals surface area contributed by atoms with Crippen LogP contribution in [-0.2, 0) is 24.2 Å². The molecule has 0 aromatic carbocycles. The van der Waals surface area contributed by atoms with Gasteiger partial charge in [-0.15, -0.1) is 0 Å². The van der Waals surface area contributed by atoms with Gasteiger partial charge in [0.25, 0.3) is 5.91 Å². The molecule has 2 aromatic rings. The van der Waals surface area contributed by atoms with E-state index in [1.165, 1.54) is 0 Å². The smallest absolute Gasteiger partial charge is 0.256 e. The predicted octanol–water partition coefficient (Wildman–Crippen LogP) is 1.56. The van der Waals surface area contributed by atoms with Gasteiger partial charge in [-0.25, -0.2) is 4.98 Å². The number of hydrogen-bond acceptors (Lipinski definition) is 6. The molecule has 1 N–H and O–H groups in total. The highest BCUT2D eigenvalue weighted by Gasteiger charge is 2.30. The molecule has 2 aliphatic heterocycles. The molecule has 2 aliphatic rings. The minimum atomic E-state index is 0.0292. The van der Waals surface area contributed by atoms with Crippen molar-refractivity contribution in [1.29, 1.82) is 0 Å². The molecule has 7 heteroatoms. The van der Waals surface area contributed by atoms with Gasteiger partial charge < -0.3 is 19.7 Å². The van der Waals surface area contributed by atoms with E-state index in [0.717, 1.165) is 43.0 Å². The lowest BCUT2D eigenvalue weighted by molar-refractivity contribution is 0.0779. The van der Waals surface area contributed by atoms with E-state index in [9.17, 15) is 4.79 Å². The standard InChI is InChI=1S/C20H24N4O3/c1-26-19-14(11-22-16-6-9-27-13-16)10-17-18(23-19)12-24(20(17)25)8-5-15-4-2-3-7-21-15/h2-4,7,10,16,22H,5-6,8-9,11-13H2,1H3. The topological polar surface area (TPSA) is 76.6 Å². The molecule has 0 saturated carbocycles. The quantitative estimate of drug-likeness (QED) is 0.799. The van der Waals surface area contributed by atoms with Crippen LogP contribution in [0.2, 0.25) is 0 Å². The molecule has 142 valence electrons. The van der Waals surface area contributed by atoms with Gasteiger partial charge in [0.2, 0.25) is 5.88 Å². The number of nitrogens with one attached hydrogen (secondary N) is 1. The Kier molecular flexibility index (Phi) is 5.31. The van der Waals surface area contributed by atoms with Crippen LogP contribution in [0.5, 0.6) is 5.88 Å². The van der Waals surface area contributed by atoms with Crippen molar-refractivity contribution in [3.05, 3.63) is 53.0 Å². The number of aromatic nitrogens is 2. The molecule has 0 spiro atoms. The van der Waals surface area contributed by atoms with Crippen molar-refractivity contribution < 1.29 is 14.3 Å². The first-order chi connectivity index (χ1) is 13.2. The van der Waals surface area contributed by atoms with E-state index in [4.69, 9.17) is 9.47 Å². The van der Waals surface area contributed by atoms with Crippen LogP contribution in [0.3, 0.4) is 0 Å². The Morgan fingerprint density at radius 1 is 1.41 bits per heavy atom. The first-order valence-electron chi connectivity index (χ1n) is 9.31. The van der Waals surface area contributed by atoms with Crippen LogP contribution in [0.1, 0.15) is 33.7 Å². The molecular formula is C20H24N4O3. The van der Waals surface area contributed by atoms with Crippen LogP contribution in [0.15, 0.2) is 30.5 Å². The Bertz CT molecular complexity index is 806. The summed E-state index contributed by atoms with van der Waals surface area (Å²) in [7, 11) is 1.62. The van der Waals surface area contributed by atoms with Gasteiger partial charge in [-0.3, -0.25) is 9.78 Å². The third-order valence-electron chi connectivity index (χ3n) is 5.07. The average molecular weight is 368 g/mol. The number of ether oxygens (including phenoxy) is 2. The Morgan fingerprint density at radius 2 is 2.33 bits per heavy atom. The van der Waals surface area contributed by atoms with Crippen molar-refractivity contribution in [3.63, 3.8) is 0 Å². The molecule has 7 nitrogen and oxygen atoms in total. The molecule has 0 radical (unpaired) electrons. The molecule has 0 aliphatic carbocycles. The molecule has 4 heterocycles. The number of rotatable bonds is 7. The Morgan fingerprint density at radius 3 is 3.07 bits per heavy atom. The SMILES string of the molecule is COc1nc2c(cc1CNC1CCOC1)C(=O)N(CCc1ccccn1)C2. The van der Waals surface area contributed by atoms with Gasteiger partial charge in [0, 0.05) is 49.6 Å². The summed E-state index contributed by atoms with van der Waals surface area (Å²) in [6.45, 7) is 3.27. The molecule has 4 rings (SSSR count). The molecule has 0 bridgehead atoms. The maximum atomic E-state index is 12.8. The van der Waals surface area contributed by atoms with E-state index in [1.807, 2.05) is 29.2 Å². The van der Waals surface area contributed by atoms with Gasteiger partial charge in [0.05, 0.1) is 31.5 Å². The molecule has 1 unspecified atom stereocenters.